The number of benzene rings is 1. The fourth-order valence-corrected chi connectivity index (χ4v) is 5.40. The highest BCUT2D eigenvalue weighted by molar-refractivity contribution is 7.19. The molecule has 0 bridgehead atoms. The summed E-state index contributed by atoms with van der Waals surface area (Å²) in [7, 11) is 0. The molecule has 2 heterocycles. The van der Waals surface area contributed by atoms with Crippen molar-refractivity contribution in [2.24, 2.45) is 0 Å². The molecule has 0 fully saturated rings. The van der Waals surface area contributed by atoms with Crippen molar-refractivity contribution >= 4 is 38.7 Å². The Labute approximate surface area is 181 Å². The Kier molecular flexibility index (Phi) is 5.69. The van der Waals surface area contributed by atoms with Crippen molar-refractivity contribution in [3.8, 4) is 0 Å². The predicted molar refractivity (Wildman–Crippen MR) is 113 cm³/mol. The van der Waals surface area contributed by atoms with Gasteiger partial charge >= 0.3 is 0 Å². The van der Waals surface area contributed by atoms with Gasteiger partial charge < -0.3 is 30.0 Å². The van der Waals surface area contributed by atoms with Crippen LogP contribution < -0.4 is 5.11 Å². The van der Waals surface area contributed by atoms with Crippen molar-refractivity contribution in [1.82, 2.24) is 0 Å². The van der Waals surface area contributed by atoms with Gasteiger partial charge in [-0.15, -0.1) is 22.7 Å². The third kappa shape index (κ3) is 3.89. The number of ether oxygens (including phenoxy) is 1. The summed E-state index contributed by atoms with van der Waals surface area (Å²) >= 11 is 2.92. The van der Waals surface area contributed by atoms with Gasteiger partial charge in [-0.05, 0) is 35.9 Å². The fourth-order valence-electron chi connectivity index (χ4n) is 3.73. The van der Waals surface area contributed by atoms with Crippen molar-refractivity contribution in [1.29, 1.82) is 0 Å². The lowest BCUT2D eigenvalue weighted by molar-refractivity contribution is -0.324. The zero-order valence-electron chi connectivity index (χ0n) is 16.2. The van der Waals surface area contributed by atoms with E-state index in [4.69, 9.17) is 4.74 Å². The Morgan fingerprint density at radius 2 is 2.07 bits per heavy atom. The highest BCUT2D eigenvalue weighted by Gasteiger charge is 2.47. The van der Waals surface area contributed by atoms with E-state index in [2.05, 4.69) is 0 Å². The number of carboxylic acids is 1. The highest BCUT2D eigenvalue weighted by atomic mass is 32.1. The van der Waals surface area contributed by atoms with E-state index in [0.717, 1.165) is 25.4 Å². The smallest absolute Gasteiger partial charge is 0.137 e. The molecule has 3 N–H and O–H groups in total. The molecule has 0 saturated carbocycles. The van der Waals surface area contributed by atoms with Gasteiger partial charge in [0.15, 0.2) is 0 Å². The van der Waals surface area contributed by atoms with Gasteiger partial charge in [-0.3, -0.25) is 0 Å². The van der Waals surface area contributed by atoms with Crippen LogP contribution in [-0.4, -0.2) is 39.1 Å². The second kappa shape index (κ2) is 8.13. The Morgan fingerprint density at radius 3 is 2.77 bits per heavy atom. The molecule has 0 spiro atoms. The first-order valence-electron chi connectivity index (χ1n) is 9.45. The summed E-state index contributed by atoms with van der Waals surface area (Å²) in [5.41, 5.74) is -1.32. The molecule has 3 atom stereocenters. The fraction of sp³-hybridized carbons (Fsp3) is 0.318. The lowest BCUT2D eigenvalue weighted by Crippen LogP contribution is -2.57. The normalized spacial score (nSPS) is 24.4. The number of hydrogen-bond donors (Lipinski definition) is 3. The quantitative estimate of drug-likeness (QED) is 0.535. The van der Waals surface area contributed by atoms with E-state index in [1.54, 1.807) is 0 Å². The molecular formula is C22H21O6S2-. The van der Waals surface area contributed by atoms with Gasteiger partial charge in [0.1, 0.15) is 24.1 Å². The average Bonchev–Trinajstić information content (AvgIpc) is 3.34. The van der Waals surface area contributed by atoms with Crippen LogP contribution >= 0.6 is 22.7 Å². The molecule has 158 valence electrons. The number of aryl methyl sites for hydroxylation is 1. The number of carboxylic acid groups (broad SMARTS) is 1. The monoisotopic (exact) mass is 445 g/mol. The number of hydrogen-bond acceptors (Lipinski definition) is 8. The lowest BCUT2D eigenvalue weighted by Gasteiger charge is -2.41. The van der Waals surface area contributed by atoms with Crippen LogP contribution in [-0.2, 0) is 22.6 Å². The van der Waals surface area contributed by atoms with E-state index in [9.17, 15) is 25.2 Å². The minimum Gasteiger partial charge on any atom is -0.547 e. The SMILES string of the molecule is Cc1ccc2sc(CC3=C(OCc4cccs4)[C@@H](O)[C@H](O)C[C@]3(O)C(=O)[O-])cc2c1. The highest BCUT2D eigenvalue weighted by Crippen LogP contribution is 2.39. The minimum absolute atomic E-state index is 0.0140. The molecule has 1 aromatic carbocycles. The van der Waals surface area contributed by atoms with Crippen LogP contribution in [0.2, 0.25) is 0 Å². The number of aliphatic hydroxyl groups is 3. The Bertz CT molecular complexity index is 1100. The molecular weight excluding hydrogens is 424 g/mol. The van der Waals surface area contributed by atoms with E-state index in [1.807, 2.05) is 48.7 Å². The van der Waals surface area contributed by atoms with Crippen molar-refractivity contribution in [3.63, 3.8) is 0 Å². The second-order valence-corrected chi connectivity index (χ2v) is 9.71. The number of aliphatic carboxylic acids is 1. The third-order valence-corrected chi connectivity index (χ3v) is 7.26. The molecule has 8 heteroatoms. The van der Waals surface area contributed by atoms with Gasteiger partial charge in [0.05, 0.1) is 12.1 Å². The second-order valence-electron chi connectivity index (χ2n) is 7.51. The maximum absolute atomic E-state index is 11.9. The van der Waals surface area contributed by atoms with Crippen molar-refractivity contribution in [3.05, 3.63) is 68.4 Å². The summed E-state index contributed by atoms with van der Waals surface area (Å²) in [5, 5.41) is 46.5. The molecule has 1 aliphatic rings. The number of carbonyl (C=O) groups is 1. The number of rotatable bonds is 6. The summed E-state index contributed by atoms with van der Waals surface area (Å²) in [4.78, 5) is 13.6. The van der Waals surface area contributed by atoms with Gasteiger partial charge in [-0.2, -0.15) is 0 Å². The molecule has 0 amide bonds. The first kappa shape index (κ1) is 21.0. The van der Waals surface area contributed by atoms with Crippen LogP contribution in [0.3, 0.4) is 0 Å². The molecule has 0 unspecified atom stereocenters. The molecule has 4 rings (SSSR count). The summed E-state index contributed by atoms with van der Waals surface area (Å²) in [5.74, 6) is -1.83. The minimum atomic E-state index is -2.43. The molecule has 0 radical (unpaired) electrons. The summed E-state index contributed by atoms with van der Waals surface area (Å²) in [6.45, 7) is 2.08. The molecule has 6 nitrogen and oxygen atoms in total. The van der Waals surface area contributed by atoms with Gasteiger partial charge in [0.25, 0.3) is 0 Å². The summed E-state index contributed by atoms with van der Waals surface area (Å²) < 4.78 is 6.80. The maximum atomic E-state index is 11.9. The van der Waals surface area contributed by atoms with E-state index in [-0.39, 0.29) is 24.4 Å². The number of fused-ring (bicyclic) bond motifs is 1. The van der Waals surface area contributed by atoms with Crippen LogP contribution in [0.25, 0.3) is 10.1 Å². The number of thiophene rings is 2. The van der Waals surface area contributed by atoms with E-state index < -0.39 is 30.2 Å². The van der Waals surface area contributed by atoms with Crippen molar-refractivity contribution < 1.29 is 30.0 Å². The Morgan fingerprint density at radius 1 is 1.27 bits per heavy atom. The average molecular weight is 446 g/mol. The molecule has 0 aliphatic heterocycles. The number of carbonyl (C=O) groups excluding carboxylic acids is 1. The standard InChI is InChI=1S/C22H22O6S2/c1-12-4-5-18-13(7-12)8-15(30-18)9-16-20(28-11-14-3-2-6-29-14)19(24)17(23)10-22(16,27)21(25)26/h2-8,17,19,23-24,27H,9-11H2,1H3,(H,25,26)/p-1/t17-,19+,22-/m1/s1. The molecule has 3 aromatic rings. The lowest BCUT2D eigenvalue weighted by atomic mass is 9.77. The largest absolute Gasteiger partial charge is 0.547 e. The van der Waals surface area contributed by atoms with Gasteiger partial charge in [-0.25, -0.2) is 0 Å². The topological polar surface area (TPSA) is 110 Å². The zero-order chi connectivity index (χ0) is 21.5. The third-order valence-electron chi connectivity index (χ3n) is 5.30. The van der Waals surface area contributed by atoms with E-state index in [0.29, 0.717) is 0 Å². The van der Waals surface area contributed by atoms with Crippen LogP contribution in [0, 0.1) is 6.92 Å². The first-order chi connectivity index (χ1) is 14.3. The molecule has 2 aromatic heterocycles. The van der Waals surface area contributed by atoms with Crippen LogP contribution in [0.1, 0.15) is 21.7 Å². The van der Waals surface area contributed by atoms with Gasteiger partial charge in [-0.1, -0.05) is 23.8 Å². The number of aliphatic hydroxyl groups excluding tert-OH is 2. The van der Waals surface area contributed by atoms with Crippen molar-refractivity contribution in [2.75, 3.05) is 0 Å². The molecule has 1 aliphatic carbocycles. The van der Waals surface area contributed by atoms with Crippen LogP contribution in [0.15, 0.2) is 53.1 Å². The van der Waals surface area contributed by atoms with E-state index in [1.165, 1.54) is 22.7 Å². The predicted octanol–water partition coefficient (Wildman–Crippen LogP) is 1.89. The zero-order valence-corrected chi connectivity index (χ0v) is 17.8. The first-order valence-corrected chi connectivity index (χ1v) is 11.2. The Hall–Kier alpha value is -2.23. The van der Waals surface area contributed by atoms with Gasteiger partial charge in [0.2, 0.25) is 0 Å². The van der Waals surface area contributed by atoms with E-state index >= 15 is 0 Å². The van der Waals surface area contributed by atoms with Gasteiger partial charge in [0, 0.05) is 32.9 Å². The van der Waals surface area contributed by atoms with Crippen LogP contribution in [0.5, 0.6) is 0 Å². The molecule has 0 saturated heterocycles. The Balaban J connectivity index is 1.76. The summed E-state index contributed by atoms with van der Waals surface area (Å²) in [6, 6.07) is 11.6. The van der Waals surface area contributed by atoms with Crippen molar-refractivity contribution in [2.45, 2.75) is 44.2 Å². The molecule has 30 heavy (non-hydrogen) atoms. The maximum Gasteiger partial charge on any atom is 0.137 e. The summed E-state index contributed by atoms with van der Waals surface area (Å²) in [6.07, 6.45) is -3.43. The van der Waals surface area contributed by atoms with Crippen LogP contribution in [0.4, 0.5) is 0 Å².